The van der Waals surface area contributed by atoms with Gasteiger partial charge in [0.15, 0.2) is 5.75 Å². The number of sulfonamides is 1. The molecule has 2 aromatic rings. The van der Waals surface area contributed by atoms with E-state index in [1.54, 1.807) is 14.1 Å². The summed E-state index contributed by atoms with van der Waals surface area (Å²) >= 11 is 0. The fraction of sp³-hybridized carbons (Fsp3) is 0.350. The molecule has 1 heterocycles. The Kier molecular flexibility index (Phi) is 6.91. The van der Waals surface area contributed by atoms with E-state index in [1.165, 1.54) is 51.7 Å². The van der Waals surface area contributed by atoms with Gasteiger partial charge in [0.2, 0.25) is 15.9 Å². The Labute approximate surface area is 175 Å². The lowest BCUT2D eigenvalue weighted by molar-refractivity contribution is -0.126. The van der Waals surface area contributed by atoms with Crippen LogP contribution >= 0.6 is 0 Å². The second-order valence-corrected chi connectivity index (χ2v) is 8.81. The topological polar surface area (TPSA) is 88.2 Å². The number of likely N-dealkylation sites (N-methyl/N-ethyl adjacent to an activating group) is 1. The first-order chi connectivity index (χ1) is 14.3. The van der Waals surface area contributed by atoms with Crippen LogP contribution in [0.4, 0.5) is 10.1 Å². The lowest BCUT2D eigenvalue weighted by Crippen LogP contribution is -2.40. The zero-order chi connectivity index (χ0) is 21.7. The lowest BCUT2D eigenvalue weighted by Gasteiger charge is -2.26. The molecule has 0 aliphatic carbocycles. The number of morpholine rings is 1. The molecule has 30 heavy (non-hydrogen) atoms. The van der Waals surface area contributed by atoms with Crippen LogP contribution < -0.4 is 10.1 Å². The van der Waals surface area contributed by atoms with Crippen LogP contribution in [-0.4, -0.2) is 70.5 Å². The van der Waals surface area contributed by atoms with Crippen molar-refractivity contribution in [2.24, 2.45) is 0 Å². The summed E-state index contributed by atoms with van der Waals surface area (Å²) in [5, 5.41) is 2.94. The van der Waals surface area contributed by atoms with Crippen LogP contribution in [0.2, 0.25) is 0 Å². The summed E-state index contributed by atoms with van der Waals surface area (Å²) in [7, 11) is -0.473. The molecule has 0 radical (unpaired) electrons. The molecular weight excluding hydrogens is 413 g/mol. The average molecular weight is 437 g/mol. The fourth-order valence-corrected chi connectivity index (χ4v) is 4.23. The molecule has 0 spiro atoms. The van der Waals surface area contributed by atoms with Crippen molar-refractivity contribution in [2.75, 3.05) is 52.3 Å². The van der Waals surface area contributed by atoms with Gasteiger partial charge >= 0.3 is 0 Å². The fourth-order valence-electron chi connectivity index (χ4n) is 2.79. The van der Waals surface area contributed by atoms with Crippen molar-refractivity contribution < 1.29 is 27.1 Å². The van der Waals surface area contributed by atoms with E-state index in [4.69, 9.17) is 9.47 Å². The van der Waals surface area contributed by atoms with Crippen molar-refractivity contribution >= 4 is 21.6 Å². The van der Waals surface area contributed by atoms with Gasteiger partial charge in [-0.3, -0.25) is 4.79 Å². The Bertz CT molecular complexity index is 990. The second kappa shape index (κ2) is 9.41. The van der Waals surface area contributed by atoms with Crippen LogP contribution in [-0.2, 0) is 19.6 Å². The van der Waals surface area contributed by atoms with E-state index in [0.29, 0.717) is 30.4 Å². The molecule has 2 aromatic carbocycles. The highest BCUT2D eigenvalue weighted by Gasteiger charge is 2.27. The van der Waals surface area contributed by atoms with Gasteiger partial charge in [-0.2, -0.15) is 4.31 Å². The Hall–Kier alpha value is -2.69. The summed E-state index contributed by atoms with van der Waals surface area (Å²) in [5.74, 6) is 0.102. The Morgan fingerprint density at radius 2 is 1.83 bits per heavy atom. The number of amides is 1. The maximum absolute atomic E-state index is 13.2. The van der Waals surface area contributed by atoms with E-state index in [0.717, 1.165) is 0 Å². The highest BCUT2D eigenvalue weighted by Crippen LogP contribution is 2.33. The maximum Gasteiger partial charge on any atom is 0.243 e. The maximum atomic E-state index is 13.2. The highest BCUT2D eigenvalue weighted by molar-refractivity contribution is 7.89. The Morgan fingerprint density at radius 1 is 1.17 bits per heavy atom. The third-order valence-corrected chi connectivity index (χ3v) is 6.42. The van der Waals surface area contributed by atoms with Crippen molar-refractivity contribution in [3.05, 3.63) is 48.3 Å². The van der Waals surface area contributed by atoms with Gasteiger partial charge < -0.3 is 19.7 Å². The summed E-state index contributed by atoms with van der Waals surface area (Å²) in [4.78, 5) is 13.5. The minimum Gasteiger partial charge on any atom is -0.455 e. The highest BCUT2D eigenvalue weighted by atomic mass is 32.2. The lowest BCUT2D eigenvalue weighted by atomic mass is 10.2. The number of nitrogens with one attached hydrogen (secondary N) is 1. The van der Waals surface area contributed by atoms with Crippen molar-refractivity contribution in [3.8, 4) is 11.5 Å². The van der Waals surface area contributed by atoms with E-state index < -0.39 is 15.8 Å². The van der Waals surface area contributed by atoms with Gasteiger partial charge in [-0.1, -0.05) is 0 Å². The monoisotopic (exact) mass is 437 g/mol. The summed E-state index contributed by atoms with van der Waals surface area (Å²) in [6.07, 6.45) is 0. The smallest absolute Gasteiger partial charge is 0.243 e. The molecule has 1 aliphatic heterocycles. The summed E-state index contributed by atoms with van der Waals surface area (Å²) < 4.78 is 51.5. The number of anilines is 1. The van der Waals surface area contributed by atoms with Crippen molar-refractivity contribution in [3.63, 3.8) is 0 Å². The molecular formula is C20H24FN3O5S. The first-order valence-corrected chi connectivity index (χ1v) is 10.8. The van der Waals surface area contributed by atoms with Crippen molar-refractivity contribution in [2.45, 2.75) is 4.90 Å². The SMILES string of the molecule is CN(C)C(=O)CNc1cc(S(=O)(=O)N2CCOCC2)ccc1Oc1ccc(F)cc1. The van der Waals surface area contributed by atoms with Gasteiger partial charge in [-0.05, 0) is 42.5 Å². The summed E-state index contributed by atoms with van der Waals surface area (Å²) in [5.41, 5.74) is 0.337. The van der Waals surface area contributed by atoms with E-state index in [-0.39, 0.29) is 30.4 Å². The standard InChI is InChI=1S/C20H24FN3O5S/c1-23(2)20(25)14-22-18-13-17(30(26,27)24-9-11-28-12-10-24)7-8-19(18)29-16-5-3-15(21)4-6-16/h3-8,13,22H,9-12,14H2,1-2H3. The minimum atomic E-state index is -3.72. The molecule has 1 amide bonds. The normalized spacial score (nSPS) is 14.9. The van der Waals surface area contributed by atoms with Crippen LogP contribution in [0, 0.1) is 5.82 Å². The first kappa shape index (κ1) is 22.0. The minimum absolute atomic E-state index is 0.0478. The van der Waals surface area contributed by atoms with Crippen LogP contribution in [0.3, 0.4) is 0 Å². The molecule has 8 nitrogen and oxygen atoms in total. The van der Waals surface area contributed by atoms with Gasteiger partial charge in [0, 0.05) is 27.2 Å². The second-order valence-electron chi connectivity index (χ2n) is 6.87. The molecule has 0 unspecified atom stereocenters. The molecule has 1 N–H and O–H groups in total. The van der Waals surface area contributed by atoms with Crippen LogP contribution in [0.1, 0.15) is 0 Å². The third kappa shape index (κ3) is 5.26. The molecule has 0 aromatic heterocycles. The molecule has 1 fully saturated rings. The zero-order valence-corrected chi connectivity index (χ0v) is 17.6. The quantitative estimate of drug-likeness (QED) is 0.714. The van der Waals surface area contributed by atoms with Crippen molar-refractivity contribution in [1.29, 1.82) is 0 Å². The largest absolute Gasteiger partial charge is 0.455 e. The van der Waals surface area contributed by atoms with Crippen molar-refractivity contribution in [1.82, 2.24) is 9.21 Å². The van der Waals surface area contributed by atoms with Gasteiger partial charge in [0.25, 0.3) is 0 Å². The number of benzene rings is 2. The van der Waals surface area contributed by atoms with Crippen LogP contribution in [0.15, 0.2) is 47.4 Å². The van der Waals surface area contributed by atoms with E-state index in [2.05, 4.69) is 5.32 Å². The molecule has 1 aliphatic rings. The molecule has 0 atom stereocenters. The number of hydrogen-bond acceptors (Lipinski definition) is 6. The molecule has 0 saturated carbocycles. The molecule has 3 rings (SSSR count). The summed E-state index contributed by atoms with van der Waals surface area (Å²) in [6, 6.07) is 9.84. The number of hydrogen-bond donors (Lipinski definition) is 1. The molecule has 162 valence electrons. The third-order valence-electron chi connectivity index (χ3n) is 4.53. The number of nitrogens with zero attached hydrogens (tertiary/aromatic N) is 2. The van der Waals surface area contributed by atoms with Gasteiger partial charge in [-0.15, -0.1) is 0 Å². The number of carbonyl (C=O) groups is 1. The van der Waals surface area contributed by atoms with Crippen LogP contribution in [0.5, 0.6) is 11.5 Å². The van der Waals surface area contributed by atoms with E-state index >= 15 is 0 Å². The Morgan fingerprint density at radius 3 is 2.47 bits per heavy atom. The Balaban J connectivity index is 1.91. The van der Waals surface area contributed by atoms with Gasteiger partial charge in [0.05, 0.1) is 30.3 Å². The summed E-state index contributed by atoms with van der Waals surface area (Å²) in [6.45, 7) is 1.19. The van der Waals surface area contributed by atoms with Crippen LogP contribution in [0.25, 0.3) is 0 Å². The number of carbonyl (C=O) groups excluding carboxylic acids is 1. The first-order valence-electron chi connectivity index (χ1n) is 9.37. The molecule has 0 bridgehead atoms. The van der Waals surface area contributed by atoms with E-state index in [1.807, 2.05) is 0 Å². The van der Waals surface area contributed by atoms with E-state index in [9.17, 15) is 17.6 Å². The molecule has 10 heteroatoms. The zero-order valence-electron chi connectivity index (χ0n) is 16.8. The molecule has 1 saturated heterocycles. The number of rotatable bonds is 7. The number of halogens is 1. The van der Waals surface area contributed by atoms with Gasteiger partial charge in [0.1, 0.15) is 11.6 Å². The average Bonchev–Trinajstić information content (AvgIpc) is 2.74. The number of ether oxygens (including phenoxy) is 2. The van der Waals surface area contributed by atoms with Gasteiger partial charge in [-0.25, -0.2) is 12.8 Å². The predicted octanol–water partition coefficient (Wildman–Crippen LogP) is 2.14. The predicted molar refractivity (Wildman–Crippen MR) is 110 cm³/mol.